The first-order valence-corrected chi connectivity index (χ1v) is 12.6. The molecule has 0 saturated heterocycles. The Balaban J connectivity index is 1.64. The normalized spacial score (nSPS) is 17.2. The molecule has 1 N–H and O–H groups in total. The van der Waals surface area contributed by atoms with Gasteiger partial charge in [-0.25, -0.2) is 0 Å². The second-order valence-corrected chi connectivity index (χ2v) is 10.9. The lowest BCUT2D eigenvalue weighted by atomic mass is 9.64. The van der Waals surface area contributed by atoms with Gasteiger partial charge in [-0.1, -0.05) is 72.8 Å². The fraction of sp³-hybridized carbons (Fsp3) is 0.219. The van der Waals surface area contributed by atoms with Gasteiger partial charge in [0.15, 0.2) is 0 Å². The van der Waals surface area contributed by atoms with E-state index in [-0.39, 0.29) is 7.48 Å². The maximum atomic E-state index is 10.6. The van der Waals surface area contributed by atoms with Gasteiger partial charge in [-0.3, -0.25) is 0 Å². The lowest BCUT2D eigenvalue weighted by Gasteiger charge is -2.41. The topological polar surface area (TPSA) is 62.5 Å². The van der Waals surface area contributed by atoms with Gasteiger partial charge in [0.25, 0.3) is 0 Å². The van der Waals surface area contributed by atoms with Gasteiger partial charge in [-0.2, -0.15) is 5.26 Å². The summed E-state index contributed by atoms with van der Waals surface area (Å²) in [5, 5.41) is 20.7. The van der Waals surface area contributed by atoms with Gasteiger partial charge in [-0.05, 0) is 62.0 Å². The Labute approximate surface area is 218 Å². The molecule has 6 rings (SSSR count). The Morgan fingerprint density at radius 2 is 1.46 bits per heavy atom. The number of nitriles is 1. The van der Waals surface area contributed by atoms with Crippen LogP contribution in [0.25, 0.3) is 11.1 Å². The summed E-state index contributed by atoms with van der Waals surface area (Å²) in [6, 6.07) is 31.2. The fourth-order valence-electron chi connectivity index (χ4n) is 5.67. The number of hydrogen-bond donors (Lipinski definition) is 1. The van der Waals surface area contributed by atoms with Crippen molar-refractivity contribution < 1.29 is 14.5 Å². The molecule has 1 unspecified atom stereocenters. The molecule has 0 bridgehead atoms. The van der Waals surface area contributed by atoms with Gasteiger partial charge in [-0.15, -0.1) is 0 Å². The van der Waals surface area contributed by atoms with E-state index in [1.807, 2.05) is 62.4 Å². The zero-order valence-electron chi connectivity index (χ0n) is 21.5. The summed E-state index contributed by atoms with van der Waals surface area (Å²) in [6.45, 7) is 7.31. The van der Waals surface area contributed by atoms with E-state index in [2.05, 4.69) is 42.5 Å². The van der Waals surface area contributed by atoms with E-state index in [1.165, 1.54) is 0 Å². The molecule has 1 aliphatic carbocycles. The molecular formula is C32H28BNO3. The van der Waals surface area contributed by atoms with E-state index in [0.717, 1.165) is 50.3 Å². The predicted molar refractivity (Wildman–Crippen MR) is 147 cm³/mol. The quantitative estimate of drug-likeness (QED) is 0.332. The molecule has 0 fully saturated rings. The van der Waals surface area contributed by atoms with Crippen LogP contribution >= 0.6 is 0 Å². The molecule has 0 radical (unpaired) electrons. The number of para-hydroxylation sites is 2. The third-order valence-corrected chi connectivity index (χ3v) is 8.25. The molecule has 1 aliphatic heterocycles. The minimum atomic E-state index is -1.02. The SMILES string of the molecule is CC(C)(O)C(C)(C)OBc1cccc2c1Oc1ccccc1C21c2ccccc2-c2c(C#N)cccc21. The van der Waals surface area contributed by atoms with Crippen molar-refractivity contribution in [2.75, 3.05) is 0 Å². The highest BCUT2D eigenvalue weighted by Crippen LogP contribution is 2.62. The fourth-order valence-corrected chi connectivity index (χ4v) is 5.67. The molecule has 0 amide bonds. The van der Waals surface area contributed by atoms with Gasteiger partial charge in [0.1, 0.15) is 11.5 Å². The second kappa shape index (κ2) is 8.08. The van der Waals surface area contributed by atoms with Crippen LogP contribution in [0.1, 0.15) is 55.5 Å². The van der Waals surface area contributed by atoms with Crippen LogP contribution in [0, 0.1) is 11.3 Å². The van der Waals surface area contributed by atoms with E-state index in [9.17, 15) is 10.4 Å². The zero-order chi connectivity index (χ0) is 26.0. The summed E-state index contributed by atoms with van der Waals surface area (Å²) >= 11 is 0. The van der Waals surface area contributed by atoms with Gasteiger partial charge in [0, 0.05) is 16.7 Å². The summed E-state index contributed by atoms with van der Waals surface area (Å²) < 4.78 is 12.9. The average molecular weight is 485 g/mol. The molecule has 1 atom stereocenters. The number of fused-ring (bicyclic) bond motifs is 9. The number of hydrogen-bond acceptors (Lipinski definition) is 4. The molecule has 37 heavy (non-hydrogen) atoms. The van der Waals surface area contributed by atoms with Crippen LogP contribution in [0.4, 0.5) is 0 Å². The average Bonchev–Trinajstić information content (AvgIpc) is 3.18. The minimum Gasteiger partial charge on any atom is -0.457 e. The molecule has 182 valence electrons. The largest absolute Gasteiger partial charge is 0.457 e. The predicted octanol–water partition coefficient (Wildman–Crippen LogP) is 5.57. The van der Waals surface area contributed by atoms with Gasteiger partial charge >= 0.3 is 7.48 Å². The van der Waals surface area contributed by atoms with Crippen molar-refractivity contribution in [3.8, 4) is 28.7 Å². The molecule has 1 spiro atoms. The van der Waals surface area contributed by atoms with Crippen molar-refractivity contribution in [1.29, 1.82) is 5.26 Å². The zero-order valence-corrected chi connectivity index (χ0v) is 21.5. The van der Waals surface area contributed by atoms with Crippen molar-refractivity contribution >= 4 is 12.9 Å². The smallest absolute Gasteiger partial charge is 0.313 e. The lowest BCUT2D eigenvalue weighted by molar-refractivity contribution is -0.0893. The van der Waals surface area contributed by atoms with E-state index in [1.54, 1.807) is 13.8 Å². The maximum Gasteiger partial charge on any atom is 0.313 e. The molecule has 4 aromatic rings. The summed E-state index contributed by atoms with van der Waals surface area (Å²) in [4.78, 5) is 0. The standard InChI is InChI=1S/C32H28BNO3/c1-30(2,35)31(3,4)37-33-26-17-10-16-25-29(26)36-27-18-8-7-14-23(27)32(25)22-13-6-5-12-21(22)28-20(19-34)11-9-15-24(28)32/h5-18,33,35H,1-4H3. The van der Waals surface area contributed by atoms with Crippen molar-refractivity contribution in [2.24, 2.45) is 0 Å². The van der Waals surface area contributed by atoms with Crippen LogP contribution in [0.5, 0.6) is 11.5 Å². The monoisotopic (exact) mass is 485 g/mol. The van der Waals surface area contributed by atoms with E-state index >= 15 is 0 Å². The summed E-state index contributed by atoms with van der Waals surface area (Å²) in [5.41, 5.74) is 5.50. The third kappa shape index (κ3) is 3.23. The van der Waals surface area contributed by atoms with Crippen LogP contribution in [0.2, 0.25) is 0 Å². The van der Waals surface area contributed by atoms with Crippen molar-refractivity contribution in [3.05, 3.63) is 113 Å². The molecule has 0 aromatic heterocycles. The highest BCUT2D eigenvalue weighted by Gasteiger charge is 2.52. The Morgan fingerprint density at radius 3 is 2.22 bits per heavy atom. The lowest BCUT2D eigenvalue weighted by Crippen LogP contribution is -2.49. The van der Waals surface area contributed by atoms with Crippen molar-refractivity contribution in [2.45, 2.75) is 44.3 Å². The van der Waals surface area contributed by atoms with E-state index < -0.39 is 16.6 Å². The first kappa shape index (κ1) is 23.5. The van der Waals surface area contributed by atoms with Crippen LogP contribution < -0.4 is 10.2 Å². The third-order valence-electron chi connectivity index (χ3n) is 8.25. The Kier molecular flexibility index (Phi) is 5.14. The molecule has 1 heterocycles. The van der Waals surface area contributed by atoms with Crippen LogP contribution in [0.15, 0.2) is 84.9 Å². The summed E-state index contributed by atoms with van der Waals surface area (Å²) in [7, 11) is 0.283. The van der Waals surface area contributed by atoms with Crippen molar-refractivity contribution in [3.63, 3.8) is 0 Å². The van der Waals surface area contributed by atoms with E-state index in [0.29, 0.717) is 5.56 Å². The van der Waals surface area contributed by atoms with Gasteiger partial charge < -0.3 is 14.5 Å². The van der Waals surface area contributed by atoms with Gasteiger partial charge in [0.05, 0.1) is 28.2 Å². The number of aliphatic hydroxyl groups is 1. The highest BCUT2D eigenvalue weighted by atomic mass is 16.5. The Hall–Kier alpha value is -3.85. The Bertz CT molecular complexity index is 1590. The first-order chi connectivity index (χ1) is 17.7. The van der Waals surface area contributed by atoms with E-state index in [4.69, 9.17) is 9.39 Å². The summed E-state index contributed by atoms with van der Waals surface area (Å²) in [6.07, 6.45) is 0. The molecule has 4 nitrogen and oxygen atoms in total. The molecule has 0 saturated carbocycles. The summed E-state index contributed by atoms with van der Waals surface area (Å²) in [5.74, 6) is 1.55. The molecular weight excluding hydrogens is 457 g/mol. The first-order valence-electron chi connectivity index (χ1n) is 12.6. The maximum absolute atomic E-state index is 10.6. The molecule has 5 heteroatoms. The Morgan fingerprint density at radius 1 is 0.811 bits per heavy atom. The number of ether oxygens (including phenoxy) is 1. The van der Waals surface area contributed by atoms with Gasteiger partial charge in [0.2, 0.25) is 0 Å². The van der Waals surface area contributed by atoms with Crippen LogP contribution in [-0.4, -0.2) is 23.8 Å². The van der Waals surface area contributed by atoms with Crippen molar-refractivity contribution in [1.82, 2.24) is 0 Å². The number of rotatable bonds is 4. The molecule has 2 aliphatic rings. The van der Waals surface area contributed by atoms with Crippen LogP contribution in [0.3, 0.4) is 0 Å². The second-order valence-electron chi connectivity index (χ2n) is 10.9. The highest BCUT2D eigenvalue weighted by molar-refractivity contribution is 6.48. The number of benzene rings is 4. The minimum absolute atomic E-state index is 0.283. The number of nitrogens with zero attached hydrogens (tertiary/aromatic N) is 1. The molecule has 4 aromatic carbocycles. The van der Waals surface area contributed by atoms with Crippen LogP contribution in [-0.2, 0) is 10.1 Å².